The first-order chi connectivity index (χ1) is 11.4. The smallest absolute Gasteiger partial charge is 0.191 e. The molecule has 7 heteroatoms. The van der Waals surface area contributed by atoms with Crippen molar-refractivity contribution in [3.05, 3.63) is 29.8 Å². The molecule has 1 saturated heterocycles. The third kappa shape index (κ3) is 6.03. The number of benzene rings is 1. The quantitative estimate of drug-likeness (QED) is 0.601. The number of rotatable bonds is 6. The molecule has 2 rings (SSSR count). The van der Waals surface area contributed by atoms with Gasteiger partial charge in [-0.15, -0.1) is 0 Å². The average Bonchev–Trinajstić information content (AvgIpc) is 2.84. The van der Waals surface area contributed by atoms with E-state index in [2.05, 4.69) is 15.6 Å². The Morgan fingerprint density at radius 2 is 2.21 bits per heavy atom. The highest BCUT2D eigenvalue weighted by molar-refractivity contribution is 7.91. The molecule has 1 fully saturated rings. The van der Waals surface area contributed by atoms with Crippen LogP contribution in [-0.2, 0) is 16.4 Å². The van der Waals surface area contributed by atoms with Crippen LogP contribution in [0.2, 0.25) is 0 Å². The molecule has 0 radical (unpaired) electrons. The largest absolute Gasteiger partial charge is 0.491 e. The third-order valence-electron chi connectivity index (χ3n) is 3.61. The monoisotopic (exact) mass is 353 g/mol. The fraction of sp³-hybridized carbons (Fsp3) is 0.588. The number of nitrogens with one attached hydrogen (secondary N) is 2. The zero-order valence-electron chi connectivity index (χ0n) is 14.6. The van der Waals surface area contributed by atoms with Crippen LogP contribution < -0.4 is 15.4 Å². The minimum Gasteiger partial charge on any atom is -0.491 e. The van der Waals surface area contributed by atoms with Gasteiger partial charge >= 0.3 is 0 Å². The summed E-state index contributed by atoms with van der Waals surface area (Å²) in [5.74, 6) is 1.90. The zero-order valence-corrected chi connectivity index (χ0v) is 15.4. The summed E-state index contributed by atoms with van der Waals surface area (Å²) in [6.45, 7) is 7.20. The molecule has 1 unspecified atom stereocenters. The summed E-state index contributed by atoms with van der Waals surface area (Å²) in [5, 5.41) is 6.38. The van der Waals surface area contributed by atoms with Crippen LogP contribution in [0.15, 0.2) is 29.3 Å². The van der Waals surface area contributed by atoms with Crippen molar-refractivity contribution in [2.24, 2.45) is 4.99 Å². The molecule has 1 heterocycles. The summed E-state index contributed by atoms with van der Waals surface area (Å²) in [4.78, 5) is 4.56. The van der Waals surface area contributed by atoms with E-state index < -0.39 is 9.84 Å². The van der Waals surface area contributed by atoms with Crippen LogP contribution in [0.4, 0.5) is 0 Å². The van der Waals surface area contributed by atoms with E-state index in [-0.39, 0.29) is 23.7 Å². The van der Waals surface area contributed by atoms with Crippen molar-refractivity contribution in [1.82, 2.24) is 10.6 Å². The minimum atomic E-state index is -2.90. The fourth-order valence-corrected chi connectivity index (χ4v) is 4.26. The van der Waals surface area contributed by atoms with Gasteiger partial charge in [0.1, 0.15) is 5.75 Å². The van der Waals surface area contributed by atoms with Crippen molar-refractivity contribution in [3.63, 3.8) is 0 Å². The molecule has 1 atom stereocenters. The van der Waals surface area contributed by atoms with E-state index in [1.807, 2.05) is 45.0 Å². The Morgan fingerprint density at radius 3 is 2.83 bits per heavy atom. The van der Waals surface area contributed by atoms with Crippen molar-refractivity contribution in [3.8, 4) is 5.75 Å². The summed E-state index contributed by atoms with van der Waals surface area (Å²) in [6.07, 6.45) is 0.761. The van der Waals surface area contributed by atoms with Gasteiger partial charge in [-0.25, -0.2) is 13.4 Å². The predicted octanol–water partition coefficient (Wildman–Crippen LogP) is 1.72. The summed E-state index contributed by atoms with van der Waals surface area (Å²) in [5.41, 5.74) is 1.05. The molecule has 0 amide bonds. The molecule has 24 heavy (non-hydrogen) atoms. The Morgan fingerprint density at radius 1 is 1.42 bits per heavy atom. The molecular weight excluding hydrogens is 326 g/mol. The number of hydrogen-bond acceptors (Lipinski definition) is 4. The molecule has 0 saturated carbocycles. The standard InChI is InChI=1S/C17H27N3O3S/c1-4-18-17(20-15-8-9-24(21,22)12-15)19-11-14-6-5-7-16(10-14)23-13(2)3/h5-7,10,13,15H,4,8-9,11-12H2,1-3H3,(H2,18,19,20). The van der Waals surface area contributed by atoms with Crippen LogP contribution in [-0.4, -0.2) is 44.6 Å². The van der Waals surface area contributed by atoms with Crippen LogP contribution >= 0.6 is 0 Å². The number of aliphatic imine (C=N–C) groups is 1. The molecule has 0 spiro atoms. The maximum Gasteiger partial charge on any atom is 0.191 e. The zero-order chi connectivity index (χ0) is 17.6. The molecule has 6 nitrogen and oxygen atoms in total. The molecular formula is C17H27N3O3S. The lowest BCUT2D eigenvalue weighted by molar-refractivity contribution is 0.242. The van der Waals surface area contributed by atoms with Gasteiger partial charge in [-0.05, 0) is 44.9 Å². The number of guanidine groups is 1. The minimum absolute atomic E-state index is 0.0663. The predicted molar refractivity (Wildman–Crippen MR) is 97.2 cm³/mol. The summed E-state index contributed by atoms with van der Waals surface area (Å²) < 4.78 is 28.8. The first kappa shape index (κ1) is 18.6. The van der Waals surface area contributed by atoms with Crippen LogP contribution in [0.25, 0.3) is 0 Å². The summed E-state index contributed by atoms with van der Waals surface area (Å²) in [7, 11) is -2.90. The number of sulfone groups is 1. The average molecular weight is 353 g/mol. The van der Waals surface area contributed by atoms with Crippen LogP contribution in [0.3, 0.4) is 0 Å². The number of ether oxygens (including phenoxy) is 1. The molecule has 1 aromatic rings. The first-order valence-corrected chi connectivity index (χ1v) is 10.2. The summed E-state index contributed by atoms with van der Waals surface area (Å²) >= 11 is 0. The molecule has 0 aliphatic carbocycles. The first-order valence-electron chi connectivity index (χ1n) is 8.39. The van der Waals surface area contributed by atoms with Gasteiger partial charge in [0.25, 0.3) is 0 Å². The molecule has 134 valence electrons. The molecule has 0 bridgehead atoms. The van der Waals surface area contributed by atoms with Crippen molar-refractivity contribution in [2.75, 3.05) is 18.1 Å². The van der Waals surface area contributed by atoms with Gasteiger partial charge in [0, 0.05) is 12.6 Å². The van der Waals surface area contributed by atoms with Crippen molar-refractivity contribution < 1.29 is 13.2 Å². The second kappa shape index (κ2) is 8.37. The van der Waals surface area contributed by atoms with E-state index >= 15 is 0 Å². The highest BCUT2D eigenvalue weighted by atomic mass is 32.2. The fourth-order valence-electron chi connectivity index (χ4n) is 2.58. The highest BCUT2D eigenvalue weighted by Gasteiger charge is 2.28. The molecule has 1 aliphatic heterocycles. The molecule has 1 aliphatic rings. The van der Waals surface area contributed by atoms with E-state index in [4.69, 9.17) is 4.74 Å². The van der Waals surface area contributed by atoms with Crippen molar-refractivity contribution >= 4 is 15.8 Å². The van der Waals surface area contributed by atoms with Gasteiger partial charge in [-0.3, -0.25) is 0 Å². The Kier molecular flexibility index (Phi) is 6.48. The Balaban J connectivity index is 2.00. The van der Waals surface area contributed by atoms with E-state index in [0.29, 0.717) is 18.9 Å². The maximum absolute atomic E-state index is 11.6. The van der Waals surface area contributed by atoms with Gasteiger partial charge in [0.15, 0.2) is 15.8 Å². The van der Waals surface area contributed by atoms with Gasteiger partial charge in [-0.1, -0.05) is 12.1 Å². The normalized spacial score (nSPS) is 20.2. The van der Waals surface area contributed by atoms with Crippen LogP contribution in [0, 0.1) is 0 Å². The third-order valence-corrected chi connectivity index (χ3v) is 5.38. The van der Waals surface area contributed by atoms with Crippen molar-refractivity contribution in [1.29, 1.82) is 0 Å². The van der Waals surface area contributed by atoms with E-state index in [9.17, 15) is 8.42 Å². The van der Waals surface area contributed by atoms with Gasteiger partial charge in [0.05, 0.1) is 24.2 Å². The Hall–Kier alpha value is -1.76. The Labute approximate surface area is 144 Å². The number of nitrogens with zero attached hydrogens (tertiary/aromatic N) is 1. The van der Waals surface area contributed by atoms with Crippen LogP contribution in [0.5, 0.6) is 5.75 Å². The SMILES string of the molecule is CCNC(=NCc1cccc(OC(C)C)c1)NC1CCS(=O)(=O)C1. The summed E-state index contributed by atoms with van der Waals surface area (Å²) in [6, 6.07) is 7.79. The van der Waals surface area contributed by atoms with Gasteiger partial charge in [-0.2, -0.15) is 0 Å². The topological polar surface area (TPSA) is 79.8 Å². The van der Waals surface area contributed by atoms with E-state index in [1.54, 1.807) is 0 Å². The van der Waals surface area contributed by atoms with Gasteiger partial charge in [0.2, 0.25) is 0 Å². The van der Waals surface area contributed by atoms with E-state index in [1.165, 1.54) is 0 Å². The lowest BCUT2D eigenvalue weighted by Crippen LogP contribution is -2.44. The molecule has 2 N–H and O–H groups in total. The molecule has 1 aromatic carbocycles. The van der Waals surface area contributed by atoms with Gasteiger partial charge < -0.3 is 15.4 Å². The maximum atomic E-state index is 11.6. The lowest BCUT2D eigenvalue weighted by Gasteiger charge is -2.16. The van der Waals surface area contributed by atoms with Crippen molar-refractivity contribution in [2.45, 2.75) is 45.9 Å². The lowest BCUT2D eigenvalue weighted by atomic mass is 10.2. The second-order valence-corrected chi connectivity index (χ2v) is 8.48. The second-order valence-electron chi connectivity index (χ2n) is 6.25. The highest BCUT2D eigenvalue weighted by Crippen LogP contribution is 2.16. The number of hydrogen-bond donors (Lipinski definition) is 2. The molecule has 0 aromatic heterocycles. The van der Waals surface area contributed by atoms with E-state index in [0.717, 1.165) is 17.9 Å². The van der Waals surface area contributed by atoms with Crippen LogP contribution in [0.1, 0.15) is 32.8 Å². The Bertz CT molecular complexity index is 671.